The van der Waals surface area contributed by atoms with Crippen molar-refractivity contribution in [2.75, 3.05) is 0 Å². The van der Waals surface area contributed by atoms with Crippen LogP contribution in [0.1, 0.15) is 39.2 Å². The van der Waals surface area contributed by atoms with Crippen molar-refractivity contribution in [2.45, 2.75) is 26.9 Å². The first kappa shape index (κ1) is 16.4. The minimum atomic E-state index is -2.72. The molecule has 0 spiro atoms. The van der Waals surface area contributed by atoms with E-state index < -0.39 is 11.7 Å². The first-order valence-corrected chi connectivity index (χ1v) is 6.94. The third kappa shape index (κ3) is 3.60. The molecule has 1 aromatic heterocycles. The van der Waals surface area contributed by atoms with Gasteiger partial charge in [0, 0.05) is 27.9 Å². The maximum Gasteiger partial charge on any atom is 0.264 e. The van der Waals surface area contributed by atoms with E-state index in [2.05, 4.69) is 4.98 Å². The van der Waals surface area contributed by atoms with E-state index in [1.165, 1.54) is 18.2 Å². The normalized spacial score (nSPS) is 10.8. The Balaban J connectivity index is 2.36. The second-order valence-corrected chi connectivity index (χ2v) is 5.15. The molecule has 116 valence electrons. The molecule has 0 unspecified atom stereocenters. The van der Waals surface area contributed by atoms with Crippen LogP contribution in [-0.2, 0) is 6.61 Å². The molecule has 0 amide bonds. The summed E-state index contributed by atoms with van der Waals surface area (Å²) in [6, 6.07) is 7.67. The van der Waals surface area contributed by atoms with Gasteiger partial charge >= 0.3 is 0 Å². The molecule has 22 heavy (non-hydrogen) atoms. The maximum absolute atomic E-state index is 13.1. The van der Waals surface area contributed by atoms with Gasteiger partial charge in [0.05, 0.1) is 0 Å². The molecule has 2 aromatic rings. The predicted molar refractivity (Wildman–Crippen MR) is 79.6 cm³/mol. The summed E-state index contributed by atoms with van der Waals surface area (Å²) >= 11 is 5.47. The smallest absolute Gasteiger partial charge is 0.264 e. The van der Waals surface area contributed by atoms with Crippen molar-refractivity contribution in [3.8, 4) is 5.88 Å². The Morgan fingerprint density at radius 3 is 2.64 bits per heavy atom. The van der Waals surface area contributed by atoms with Gasteiger partial charge in [-0.1, -0.05) is 18.2 Å². The number of ether oxygens (including phenoxy) is 1. The van der Waals surface area contributed by atoms with E-state index in [9.17, 15) is 13.6 Å². The van der Waals surface area contributed by atoms with Gasteiger partial charge in [0.15, 0.2) is 0 Å². The van der Waals surface area contributed by atoms with E-state index in [0.717, 1.165) is 11.3 Å². The third-order valence-corrected chi connectivity index (χ3v) is 3.41. The van der Waals surface area contributed by atoms with Crippen LogP contribution in [0.3, 0.4) is 0 Å². The topological polar surface area (TPSA) is 39.2 Å². The number of aromatic nitrogens is 1. The van der Waals surface area contributed by atoms with Gasteiger partial charge in [-0.3, -0.25) is 4.79 Å². The van der Waals surface area contributed by atoms with Gasteiger partial charge in [-0.25, -0.2) is 13.8 Å². The summed E-state index contributed by atoms with van der Waals surface area (Å²) in [4.78, 5) is 15.6. The molecule has 0 aliphatic carbocycles. The molecule has 0 atom stereocenters. The highest BCUT2D eigenvalue weighted by Gasteiger charge is 2.20. The van der Waals surface area contributed by atoms with Crippen LogP contribution in [-0.4, -0.2) is 10.2 Å². The Morgan fingerprint density at radius 1 is 1.27 bits per heavy atom. The summed E-state index contributed by atoms with van der Waals surface area (Å²) in [5, 5.41) is -0.796. The van der Waals surface area contributed by atoms with Crippen molar-refractivity contribution >= 4 is 16.8 Å². The van der Waals surface area contributed by atoms with E-state index in [-0.39, 0.29) is 23.3 Å². The monoisotopic (exact) mass is 325 g/mol. The van der Waals surface area contributed by atoms with Crippen molar-refractivity contribution in [1.29, 1.82) is 0 Å². The molecule has 1 heterocycles. The van der Waals surface area contributed by atoms with Crippen LogP contribution in [0.5, 0.6) is 5.88 Å². The molecule has 1 aromatic carbocycles. The van der Waals surface area contributed by atoms with Gasteiger partial charge in [0.25, 0.3) is 11.7 Å². The number of carbonyl (C=O) groups is 1. The molecule has 0 bridgehead atoms. The van der Waals surface area contributed by atoms with Crippen LogP contribution < -0.4 is 4.74 Å². The fourth-order valence-corrected chi connectivity index (χ4v) is 2.22. The highest BCUT2D eigenvalue weighted by Crippen LogP contribution is 2.28. The van der Waals surface area contributed by atoms with Crippen molar-refractivity contribution in [1.82, 2.24) is 4.98 Å². The number of carbonyl (C=O) groups excluding carboxylic acids is 1. The van der Waals surface area contributed by atoms with E-state index >= 15 is 0 Å². The van der Waals surface area contributed by atoms with Crippen LogP contribution in [0.2, 0.25) is 0 Å². The van der Waals surface area contributed by atoms with Gasteiger partial charge in [-0.2, -0.15) is 0 Å². The van der Waals surface area contributed by atoms with E-state index in [0.29, 0.717) is 5.88 Å². The molecule has 0 fully saturated rings. The Labute approximate surface area is 131 Å². The molecule has 3 nitrogen and oxygen atoms in total. The standard InChI is InChI=1S/C16H14ClF2NO2/c1-9-6-7-10(2)20-16(9)22-8-13-11(14(17)21)4-3-5-12(13)15(18)19/h3-7,15H,8H2,1-2H3. The SMILES string of the molecule is Cc1ccc(C)c(OCc2c(C(=O)Cl)cccc2C(F)F)n1. The molecule has 6 heteroatoms. The molecule has 0 aliphatic heterocycles. The second kappa shape index (κ2) is 6.83. The lowest BCUT2D eigenvalue weighted by molar-refractivity contribution is 0.107. The van der Waals surface area contributed by atoms with Crippen molar-refractivity contribution in [3.63, 3.8) is 0 Å². The van der Waals surface area contributed by atoms with E-state index in [1.54, 1.807) is 13.8 Å². The Kier molecular flexibility index (Phi) is 5.08. The minimum absolute atomic E-state index is 0.0183. The van der Waals surface area contributed by atoms with E-state index in [1.807, 2.05) is 12.1 Å². The number of benzene rings is 1. The van der Waals surface area contributed by atoms with Crippen LogP contribution in [0, 0.1) is 13.8 Å². The number of aryl methyl sites for hydroxylation is 2. The zero-order valence-corrected chi connectivity index (χ0v) is 12.8. The third-order valence-electron chi connectivity index (χ3n) is 3.20. The summed E-state index contributed by atoms with van der Waals surface area (Å²) in [6.07, 6.45) is -2.72. The Bertz CT molecular complexity index is 705. The highest BCUT2D eigenvalue weighted by atomic mass is 35.5. The number of hydrogen-bond acceptors (Lipinski definition) is 3. The fraction of sp³-hybridized carbons (Fsp3) is 0.250. The number of pyridine rings is 1. The van der Waals surface area contributed by atoms with Crippen LogP contribution in [0.15, 0.2) is 30.3 Å². The summed E-state index contributed by atoms with van der Waals surface area (Å²) in [6.45, 7) is 3.40. The number of halogens is 3. The fourth-order valence-electron chi connectivity index (χ4n) is 2.04. The van der Waals surface area contributed by atoms with Gasteiger partial charge in [0.1, 0.15) is 6.61 Å². The quantitative estimate of drug-likeness (QED) is 0.754. The minimum Gasteiger partial charge on any atom is -0.473 e. The zero-order chi connectivity index (χ0) is 16.3. The molecule has 0 saturated carbocycles. The first-order valence-electron chi connectivity index (χ1n) is 6.57. The van der Waals surface area contributed by atoms with Gasteiger partial charge in [-0.15, -0.1) is 0 Å². The van der Waals surface area contributed by atoms with Gasteiger partial charge in [-0.05, 0) is 37.6 Å². The van der Waals surface area contributed by atoms with Crippen molar-refractivity contribution in [3.05, 3.63) is 58.3 Å². The Hall–Kier alpha value is -2.01. The largest absolute Gasteiger partial charge is 0.473 e. The number of alkyl halides is 2. The summed E-state index contributed by atoms with van der Waals surface area (Å²) in [5.41, 5.74) is 1.36. The lowest BCUT2D eigenvalue weighted by Crippen LogP contribution is -2.08. The van der Waals surface area contributed by atoms with E-state index in [4.69, 9.17) is 16.3 Å². The van der Waals surface area contributed by atoms with Crippen molar-refractivity contribution in [2.24, 2.45) is 0 Å². The van der Waals surface area contributed by atoms with Crippen LogP contribution in [0.25, 0.3) is 0 Å². The summed E-state index contributed by atoms with van der Waals surface area (Å²) in [7, 11) is 0. The lowest BCUT2D eigenvalue weighted by Gasteiger charge is -2.14. The number of nitrogens with zero attached hydrogens (tertiary/aromatic N) is 1. The average Bonchev–Trinajstić information content (AvgIpc) is 2.47. The molecular formula is C16H14ClF2NO2. The van der Waals surface area contributed by atoms with Crippen LogP contribution in [0.4, 0.5) is 8.78 Å². The molecule has 2 rings (SSSR count). The van der Waals surface area contributed by atoms with Crippen LogP contribution >= 0.6 is 11.6 Å². The van der Waals surface area contributed by atoms with Gasteiger partial charge in [0.2, 0.25) is 5.88 Å². The molecule has 0 radical (unpaired) electrons. The highest BCUT2D eigenvalue weighted by molar-refractivity contribution is 6.67. The van der Waals surface area contributed by atoms with Gasteiger partial charge < -0.3 is 4.74 Å². The first-order chi connectivity index (χ1) is 10.4. The second-order valence-electron chi connectivity index (χ2n) is 4.81. The molecule has 0 aliphatic rings. The average molecular weight is 326 g/mol. The molecule has 0 N–H and O–H groups in total. The summed E-state index contributed by atoms with van der Waals surface area (Å²) in [5.74, 6) is 0.344. The molecular weight excluding hydrogens is 312 g/mol. The van der Waals surface area contributed by atoms with Crippen molar-refractivity contribution < 1.29 is 18.3 Å². The maximum atomic E-state index is 13.1. The zero-order valence-electron chi connectivity index (χ0n) is 12.1. The lowest BCUT2D eigenvalue weighted by atomic mass is 10.0. The number of rotatable bonds is 5. The summed E-state index contributed by atoms with van der Waals surface area (Å²) < 4.78 is 31.8. The number of hydrogen-bond donors (Lipinski definition) is 0. The Morgan fingerprint density at radius 2 is 2.00 bits per heavy atom. The predicted octanol–water partition coefficient (Wildman–Crippen LogP) is 4.59. The molecule has 0 saturated heterocycles.